The minimum absolute atomic E-state index is 0.0421. The van der Waals surface area contributed by atoms with Gasteiger partial charge < -0.3 is 10.0 Å². The number of carbonyl (C=O) groups excluding carboxylic acids is 1. The molecule has 0 rings (SSSR count). The molecule has 1 amide bonds. The van der Waals surface area contributed by atoms with Crippen molar-refractivity contribution in [2.75, 3.05) is 13.2 Å². The summed E-state index contributed by atoms with van der Waals surface area (Å²) >= 11 is 0. The highest BCUT2D eigenvalue weighted by molar-refractivity contribution is 5.77. The minimum Gasteiger partial charge on any atom is -0.396 e. The van der Waals surface area contributed by atoms with E-state index in [-0.39, 0.29) is 23.5 Å². The van der Waals surface area contributed by atoms with Crippen LogP contribution < -0.4 is 0 Å². The van der Waals surface area contributed by atoms with Crippen LogP contribution >= 0.6 is 0 Å². The van der Waals surface area contributed by atoms with Crippen LogP contribution in [0, 0.1) is 5.41 Å². The maximum Gasteiger partial charge on any atom is 0.223 e. The monoisotopic (exact) mass is 215 g/mol. The molecule has 0 aliphatic heterocycles. The quantitative estimate of drug-likeness (QED) is 0.779. The van der Waals surface area contributed by atoms with Crippen LogP contribution in [0.25, 0.3) is 0 Å². The maximum absolute atomic E-state index is 12.0. The number of nitrogens with zero attached hydrogens (tertiary/aromatic N) is 1. The van der Waals surface area contributed by atoms with Crippen molar-refractivity contribution in [3.05, 3.63) is 0 Å². The Hall–Kier alpha value is -0.570. The highest BCUT2D eigenvalue weighted by Gasteiger charge is 2.29. The lowest BCUT2D eigenvalue weighted by Gasteiger charge is -2.37. The molecule has 0 saturated carbocycles. The van der Waals surface area contributed by atoms with E-state index in [1.807, 2.05) is 46.4 Å². The van der Waals surface area contributed by atoms with Gasteiger partial charge in [0, 0.05) is 25.1 Å². The summed E-state index contributed by atoms with van der Waals surface area (Å²) in [6, 6.07) is 0. The second kappa shape index (κ2) is 4.97. The Morgan fingerprint density at radius 3 is 1.93 bits per heavy atom. The normalized spacial score (nSPS) is 12.7. The summed E-state index contributed by atoms with van der Waals surface area (Å²) in [6.07, 6.45) is 0.397. The van der Waals surface area contributed by atoms with Gasteiger partial charge in [0.05, 0.1) is 0 Å². The van der Waals surface area contributed by atoms with Crippen molar-refractivity contribution in [3.8, 4) is 0 Å². The lowest BCUT2D eigenvalue weighted by molar-refractivity contribution is -0.138. The van der Waals surface area contributed by atoms with Crippen molar-refractivity contribution in [3.63, 3.8) is 0 Å². The molecule has 0 aromatic carbocycles. The first kappa shape index (κ1) is 14.4. The Kier molecular flexibility index (Phi) is 4.78. The zero-order valence-corrected chi connectivity index (χ0v) is 10.9. The third kappa shape index (κ3) is 4.65. The molecule has 0 heterocycles. The van der Waals surface area contributed by atoms with E-state index in [4.69, 9.17) is 5.11 Å². The van der Waals surface area contributed by atoms with Gasteiger partial charge in [0.1, 0.15) is 0 Å². The first-order chi connectivity index (χ1) is 6.64. The molecule has 0 atom stereocenters. The average Bonchev–Trinajstić information content (AvgIpc) is 2.01. The Labute approximate surface area is 93.5 Å². The SMILES string of the molecule is CCN(C(=O)CC(C)(C)CO)C(C)(C)C. The number of carbonyl (C=O) groups is 1. The van der Waals surface area contributed by atoms with Gasteiger partial charge in [0.2, 0.25) is 5.91 Å². The zero-order valence-electron chi connectivity index (χ0n) is 10.9. The minimum atomic E-state index is -0.324. The summed E-state index contributed by atoms with van der Waals surface area (Å²) in [6.45, 7) is 12.6. The van der Waals surface area contributed by atoms with Crippen LogP contribution in [0.2, 0.25) is 0 Å². The van der Waals surface area contributed by atoms with Gasteiger partial charge in [-0.3, -0.25) is 4.79 Å². The fourth-order valence-corrected chi connectivity index (χ4v) is 1.59. The summed E-state index contributed by atoms with van der Waals surface area (Å²) in [5.41, 5.74) is -0.465. The van der Waals surface area contributed by atoms with Gasteiger partial charge >= 0.3 is 0 Å². The Balaban J connectivity index is 4.56. The summed E-state index contributed by atoms with van der Waals surface area (Å²) < 4.78 is 0. The van der Waals surface area contributed by atoms with Gasteiger partial charge in [-0.2, -0.15) is 0 Å². The second-order valence-electron chi connectivity index (χ2n) is 5.81. The molecule has 0 aromatic rings. The third-order valence-corrected chi connectivity index (χ3v) is 2.48. The predicted octanol–water partition coefficient (Wildman–Crippen LogP) is 2.04. The zero-order chi connectivity index (χ0) is 12.3. The summed E-state index contributed by atoms with van der Waals surface area (Å²) in [4.78, 5) is 13.9. The van der Waals surface area contributed by atoms with Crippen molar-refractivity contribution < 1.29 is 9.90 Å². The molecule has 15 heavy (non-hydrogen) atoms. The number of hydrogen-bond acceptors (Lipinski definition) is 2. The molecule has 0 aromatic heterocycles. The summed E-state index contributed by atoms with van der Waals surface area (Å²) in [7, 11) is 0. The Morgan fingerprint density at radius 1 is 1.20 bits per heavy atom. The molecular formula is C12H25NO2. The van der Waals surface area contributed by atoms with E-state index in [2.05, 4.69) is 0 Å². The van der Waals surface area contributed by atoms with E-state index < -0.39 is 0 Å². The standard InChI is InChI=1S/C12H25NO2/c1-7-13(11(2,3)4)10(15)8-12(5,6)9-14/h14H,7-9H2,1-6H3. The van der Waals surface area contributed by atoms with Crippen LogP contribution in [0.15, 0.2) is 0 Å². The van der Waals surface area contributed by atoms with Crippen LogP contribution in [0.5, 0.6) is 0 Å². The van der Waals surface area contributed by atoms with Gasteiger partial charge in [-0.15, -0.1) is 0 Å². The predicted molar refractivity (Wildman–Crippen MR) is 62.6 cm³/mol. The molecule has 3 nitrogen and oxygen atoms in total. The highest BCUT2D eigenvalue weighted by Crippen LogP contribution is 2.23. The van der Waals surface area contributed by atoms with E-state index in [9.17, 15) is 4.79 Å². The van der Waals surface area contributed by atoms with Gasteiger partial charge in [0.25, 0.3) is 0 Å². The Morgan fingerprint density at radius 2 is 1.67 bits per heavy atom. The van der Waals surface area contributed by atoms with E-state index in [1.165, 1.54) is 0 Å². The van der Waals surface area contributed by atoms with Crippen molar-refractivity contribution in [1.29, 1.82) is 0 Å². The fraction of sp³-hybridized carbons (Fsp3) is 0.917. The molecule has 0 fully saturated rings. The third-order valence-electron chi connectivity index (χ3n) is 2.48. The number of hydrogen-bond donors (Lipinski definition) is 1. The van der Waals surface area contributed by atoms with Crippen LogP contribution in [-0.2, 0) is 4.79 Å². The van der Waals surface area contributed by atoms with Crippen LogP contribution in [0.1, 0.15) is 48.0 Å². The molecule has 0 unspecified atom stereocenters. The maximum atomic E-state index is 12.0. The molecule has 0 bridgehead atoms. The molecule has 90 valence electrons. The number of rotatable bonds is 4. The number of aliphatic hydroxyl groups excluding tert-OH is 1. The first-order valence-electron chi connectivity index (χ1n) is 5.55. The molecule has 1 N–H and O–H groups in total. The van der Waals surface area contributed by atoms with Crippen molar-refractivity contribution in [2.24, 2.45) is 5.41 Å². The van der Waals surface area contributed by atoms with E-state index in [0.717, 1.165) is 0 Å². The molecule has 0 aliphatic carbocycles. The second-order valence-corrected chi connectivity index (χ2v) is 5.81. The molecular weight excluding hydrogens is 190 g/mol. The van der Waals surface area contributed by atoms with Crippen LogP contribution in [0.4, 0.5) is 0 Å². The Bertz CT molecular complexity index is 216. The molecule has 0 aliphatic rings. The topological polar surface area (TPSA) is 40.5 Å². The first-order valence-corrected chi connectivity index (χ1v) is 5.55. The lowest BCUT2D eigenvalue weighted by atomic mass is 9.89. The summed E-state index contributed by atoms with van der Waals surface area (Å²) in [5, 5.41) is 9.13. The van der Waals surface area contributed by atoms with Crippen LogP contribution in [0.3, 0.4) is 0 Å². The van der Waals surface area contributed by atoms with Crippen molar-refractivity contribution in [2.45, 2.75) is 53.5 Å². The fourth-order valence-electron chi connectivity index (χ4n) is 1.59. The summed E-state index contributed by atoms with van der Waals surface area (Å²) in [5.74, 6) is 0.115. The van der Waals surface area contributed by atoms with Gasteiger partial charge in [0.15, 0.2) is 0 Å². The molecule has 3 heteroatoms. The number of amides is 1. The molecule has 0 saturated heterocycles. The molecule has 0 radical (unpaired) electrons. The highest BCUT2D eigenvalue weighted by atomic mass is 16.3. The van der Waals surface area contributed by atoms with E-state index >= 15 is 0 Å². The van der Waals surface area contributed by atoms with Gasteiger partial charge in [-0.05, 0) is 33.1 Å². The van der Waals surface area contributed by atoms with E-state index in [0.29, 0.717) is 13.0 Å². The van der Waals surface area contributed by atoms with E-state index in [1.54, 1.807) is 0 Å². The average molecular weight is 215 g/mol. The van der Waals surface area contributed by atoms with Gasteiger partial charge in [-0.25, -0.2) is 0 Å². The molecule has 0 spiro atoms. The van der Waals surface area contributed by atoms with Gasteiger partial charge in [-0.1, -0.05) is 13.8 Å². The van der Waals surface area contributed by atoms with Crippen molar-refractivity contribution >= 4 is 5.91 Å². The van der Waals surface area contributed by atoms with Crippen LogP contribution in [-0.4, -0.2) is 34.6 Å². The smallest absolute Gasteiger partial charge is 0.223 e. The largest absolute Gasteiger partial charge is 0.396 e. The van der Waals surface area contributed by atoms with Crippen molar-refractivity contribution in [1.82, 2.24) is 4.90 Å². The lowest BCUT2D eigenvalue weighted by Crippen LogP contribution is -2.46. The number of aliphatic hydroxyl groups is 1.